The Hall–Kier alpha value is -2.60. The number of benzene rings is 2. The van der Waals surface area contributed by atoms with Gasteiger partial charge in [0.15, 0.2) is 0 Å². The number of ether oxygens (including phenoxy) is 3. The minimum atomic E-state index is -0.320. The van der Waals surface area contributed by atoms with Crippen molar-refractivity contribution in [2.24, 2.45) is 0 Å². The first-order valence-corrected chi connectivity index (χ1v) is 8.00. The molecule has 25 heavy (non-hydrogen) atoms. The van der Waals surface area contributed by atoms with E-state index in [1.165, 1.54) is 0 Å². The molecule has 0 aromatic heterocycles. The van der Waals surface area contributed by atoms with Gasteiger partial charge in [-0.15, -0.1) is 0 Å². The Labute approximate surface area is 152 Å². The van der Waals surface area contributed by atoms with Gasteiger partial charge in [0, 0.05) is 23.7 Å². The molecule has 0 fully saturated rings. The smallest absolute Gasteiger partial charge is 0.315 e. The van der Waals surface area contributed by atoms with Crippen molar-refractivity contribution in [3.63, 3.8) is 0 Å². The maximum absolute atomic E-state index is 12.1. The molecule has 0 unspecified atom stereocenters. The van der Waals surface area contributed by atoms with Crippen LogP contribution in [0, 0.1) is 0 Å². The van der Waals surface area contributed by atoms with Crippen molar-refractivity contribution in [2.75, 3.05) is 21.3 Å². The number of amides is 2. The van der Waals surface area contributed by atoms with Gasteiger partial charge in [-0.25, -0.2) is 4.79 Å². The van der Waals surface area contributed by atoms with Crippen LogP contribution in [-0.4, -0.2) is 27.4 Å². The number of carbonyl (C=O) groups excluding carboxylic acids is 1. The largest absolute Gasteiger partial charge is 0.496 e. The molecule has 2 aromatic carbocycles. The summed E-state index contributed by atoms with van der Waals surface area (Å²) in [6, 6.07) is 10.5. The minimum absolute atomic E-state index is 0.241. The topological polar surface area (TPSA) is 68.8 Å². The summed E-state index contributed by atoms with van der Waals surface area (Å²) in [6.45, 7) is 0.576. The van der Waals surface area contributed by atoms with Crippen LogP contribution in [0.5, 0.6) is 17.2 Å². The summed E-state index contributed by atoms with van der Waals surface area (Å²) in [7, 11) is 4.67. The third kappa shape index (κ3) is 4.93. The SMILES string of the molecule is COc1cc(OC)c(CNC(=O)NCc2ccccc2Cl)c(OC)c1. The highest BCUT2D eigenvalue weighted by atomic mass is 35.5. The number of halogens is 1. The number of nitrogens with one attached hydrogen (secondary N) is 2. The Bertz CT molecular complexity index is 712. The molecular formula is C18H21ClN2O4. The van der Waals surface area contributed by atoms with Crippen LogP contribution in [0.15, 0.2) is 36.4 Å². The van der Waals surface area contributed by atoms with Gasteiger partial charge in [0.25, 0.3) is 0 Å². The molecule has 0 radical (unpaired) electrons. The van der Waals surface area contributed by atoms with Crippen molar-refractivity contribution in [1.29, 1.82) is 0 Å². The molecule has 6 nitrogen and oxygen atoms in total. The molecule has 2 aromatic rings. The predicted molar refractivity (Wildman–Crippen MR) is 96.6 cm³/mol. The number of hydrogen-bond acceptors (Lipinski definition) is 4. The van der Waals surface area contributed by atoms with Gasteiger partial charge in [0.05, 0.1) is 33.4 Å². The highest BCUT2D eigenvalue weighted by molar-refractivity contribution is 6.31. The maximum Gasteiger partial charge on any atom is 0.315 e. The lowest BCUT2D eigenvalue weighted by molar-refractivity contribution is 0.240. The van der Waals surface area contributed by atoms with Crippen LogP contribution >= 0.6 is 11.6 Å². The molecule has 0 saturated heterocycles. The van der Waals surface area contributed by atoms with Crippen LogP contribution in [0.3, 0.4) is 0 Å². The molecule has 2 amide bonds. The number of urea groups is 1. The molecule has 0 aliphatic rings. The molecule has 0 spiro atoms. The summed E-state index contributed by atoms with van der Waals surface area (Å²) in [6.07, 6.45) is 0. The zero-order valence-corrected chi connectivity index (χ0v) is 15.1. The lowest BCUT2D eigenvalue weighted by atomic mass is 10.1. The number of hydrogen-bond donors (Lipinski definition) is 2. The normalized spacial score (nSPS) is 10.1. The van der Waals surface area contributed by atoms with E-state index in [4.69, 9.17) is 25.8 Å². The van der Waals surface area contributed by atoms with Gasteiger partial charge >= 0.3 is 6.03 Å². The van der Waals surface area contributed by atoms with E-state index < -0.39 is 0 Å². The third-order valence-electron chi connectivity index (χ3n) is 3.64. The van der Waals surface area contributed by atoms with Crippen LogP contribution in [-0.2, 0) is 13.1 Å². The van der Waals surface area contributed by atoms with Gasteiger partial charge in [-0.1, -0.05) is 29.8 Å². The average molecular weight is 365 g/mol. The zero-order valence-electron chi connectivity index (χ0n) is 14.4. The summed E-state index contributed by atoms with van der Waals surface area (Å²) in [5.74, 6) is 1.76. The van der Waals surface area contributed by atoms with Crippen molar-refractivity contribution in [3.05, 3.63) is 52.5 Å². The van der Waals surface area contributed by atoms with Crippen LogP contribution in [0.2, 0.25) is 5.02 Å². The van der Waals surface area contributed by atoms with Gasteiger partial charge in [-0.2, -0.15) is 0 Å². The van der Waals surface area contributed by atoms with E-state index in [9.17, 15) is 4.79 Å². The summed E-state index contributed by atoms with van der Waals surface area (Å²) >= 11 is 6.07. The highest BCUT2D eigenvalue weighted by Gasteiger charge is 2.14. The molecule has 134 valence electrons. The highest BCUT2D eigenvalue weighted by Crippen LogP contribution is 2.33. The van der Waals surface area contributed by atoms with Crippen molar-refractivity contribution >= 4 is 17.6 Å². The van der Waals surface area contributed by atoms with E-state index in [1.807, 2.05) is 18.2 Å². The second-order valence-electron chi connectivity index (χ2n) is 5.14. The standard InChI is InChI=1S/C18H21ClN2O4/c1-23-13-8-16(24-2)14(17(9-13)25-3)11-21-18(22)20-10-12-6-4-5-7-15(12)19/h4-9H,10-11H2,1-3H3,(H2,20,21,22). The molecule has 0 aliphatic heterocycles. The Balaban J connectivity index is 2.00. The molecular weight excluding hydrogens is 344 g/mol. The lowest BCUT2D eigenvalue weighted by Crippen LogP contribution is -2.34. The molecule has 0 saturated carbocycles. The molecule has 2 rings (SSSR count). The van der Waals surface area contributed by atoms with Crippen molar-refractivity contribution in [2.45, 2.75) is 13.1 Å². The molecule has 7 heteroatoms. The Morgan fingerprint density at radius 2 is 1.56 bits per heavy atom. The monoisotopic (exact) mass is 364 g/mol. The van der Waals surface area contributed by atoms with Crippen molar-refractivity contribution in [1.82, 2.24) is 10.6 Å². The number of carbonyl (C=O) groups is 1. The molecule has 2 N–H and O–H groups in total. The summed E-state index contributed by atoms with van der Waals surface area (Å²) < 4.78 is 15.9. The van der Waals surface area contributed by atoms with E-state index in [-0.39, 0.29) is 12.6 Å². The van der Waals surface area contributed by atoms with Crippen LogP contribution in [0.1, 0.15) is 11.1 Å². The zero-order chi connectivity index (χ0) is 18.2. The first kappa shape index (κ1) is 18.7. The molecule has 0 aliphatic carbocycles. The summed E-state index contributed by atoms with van der Waals surface area (Å²) in [5.41, 5.74) is 1.57. The molecule has 0 heterocycles. The summed E-state index contributed by atoms with van der Waals surface area (Å²) in [4.78, 5) is 12.1. The van der Waals surface area contributed by atoms with Crippen molar-refractivity contribution < 1.29 is 19.0 Å². The van der Waals surface area contributed by atoms with E-state index in [0.717, 1.165) is 11.1 Å². The second kappa shape index (κ2) is 9.03. The fourth-order valence-electron chi connectivity index (χ4n) is 2.30. The quantitative estimate of drug-likeness (QED) is 0.790. The van der Waals surface area contributed by atoms with Gasteiger partial charge in [-0.3, -0.25) is 0 Å². The number of methoxy groups -OCH3 is 3. The number of rotatable bonds is 7. The van der Waals surface area contributed by atoms with Crippen LogP contribution in [0.25, 0.3) is 0 Å². The van der Waals surface area contributed by atoms with Crippen LogP contribution in [0.4, 0.5) is 4.79 Å². The van der Waals surface area contributed by atoms with Gasteiger partial charge in [0.2, 0.25) is 0 Å². The Morgan fingerprint density at radius 1 is 0.960 bits per heavy atom. The van der Waals surface area contributed by atoms with Gasteiger partial charge < -0.3 is 24.8 Å². The first-order valence-electron chi connectivity index (χ1n) is 7.63. The van der Waals surface area contributed by atoms with Gasteiger partial charge in [-0.05, 0) is 11.6 Å². The third-order valence-corrected chi connectivity index (χ3v) is 4.01. The molecule has 0 bridgehead atoms. The van der Waals surface area contributed by atoms with Gasteiger partial charge in [0.1, 0.15) is 17.2 Å². The summed E-state index contributed by atoms with van der Waals surface area (Å²) in [5, 5.41) is 6.16. The first-order chi connectivity index (χ1) is 12.1. The Kier molecular flexibility index (Phi) is 6.77. The maximum atomic E-state index is 12.1. The van der Waals surface area contributed by atoms with E-state index >= 15 is 0 Å². The van der Waals surface area contributed by atoms with E-state index in [0.29, 0.717) is 28.8 Å². The lowest BCUT2D eigenvalue weighted by Gasteiger charge is -2.16. The fraction of sp³-hybridized carbons (Fsp3) is 0.278. The molecule has 0 atom stereocenters. The van der Waals surface area contributed by atoms with E-state index in [1.54, 1.807) is 39.5 Å². The predicted octanol–water partition coefficient (Wildman–Crippen LogP) is 3.37. The average Bonchev–Trinajstić information content (AvgIpc) is 2.64. The fourth-order valence-corrected chi connectivity index (χ4v) is 2.50. The minimum Gasteiger partial charge on any atom is -0.496 e. The Morgan fingerprint density at radius 3 is 2.12 bits per heavy atom. The van der Waals surface area contributed by atoms with Crippen LogP contribution < -0.4 is 24.8 Å². The second-order valence-corrected chi connectivity index (χ2v) is 5.55. The van der Waals surface area contributed by atoms with Crippen molar-refractivity contribution in [3.8, 4) is 17.2 Å². The van der Waals surface area contributed by atoms with E-state index in [2.05, 4.69) is 10.6 Å².